The Morgan fingerprint density at radius 2 is 2.43 bits per heavy atom. The summed E-state index contributed by atoms with van der Waals surface area (Å²) in [5, 5.41) is 15.7. The lowest BCUT2D eigenvalue weighted by molar-refractivity contribution is -1.03. The molecule has 14 heavy (non-hydrogen) atoms. The summed E-state index contributed by atoms with van der Waals surface area (Å²) < 4.78 is 5.29. The van der Waals surface area contributed by atoms with Crippen molar-refractivity contribution in [2.24, 2.45) is 0 Å². The van der Waals surface area contributed by atoms with Crippen LogP contribution in [0.5, 0.6) is 0 Å². The van der Waals surface area contributed by atoms with Crippen molar-refractivity contribution in [1.29, 1.82) is 0 Å². The lowest BCUT2D eigenvalue weighted by atomic mass is 10.5. The van der Waals surface area contributed by atoms with E-state index in [1.807, 2.05) is 0 Å². The van der Waals surface area contributed by atoms with Gasteiger partial charge in [0.05, 0.1) is 0 Å². The van der Waals surface area contributed by atoms with Crippen LogP contribution in [0.3, 0.4) is 0 Å². The number of hydrogen-bond acceptors (Lipinski definition) is 6. The lowest BCUT2D eigenvalue weighted by Crippen LogP contribution is -3.07. The van der Waals surface area contributed by atoms with Crippen LogP contribution in [-0.4, -0.2) is 20.5 Å². The highest BCUT2D eigenvalue weighted by Gasteiger charge is 2.27. The number of aromatic nitrogens is 4. The molecule has 0 saturated heterocycles. The molecule has 72 valence electrons. The van der Waals surface area contributed by atoms with Crippen LogP contribution in [0.25, 0.3) is 22.6 Å². The summed E-state index contributed by atoms with van der Waals surface area (Å²) in [6.45, 7) is 0. The van der Waals surface area contributed by atoms with Gasteiger partial charge in [0.2, 0.25) is 22.9 Å². The van der Waals surface area contributed by atoms with E-state index in [0.29, 0.717) is 0 Å². The molecule has 10 nitrogen and oxygen atoms in total. The number of rotatable bonds is 0. The van der Waals surface area contributed by atoms with E-state index in [4.69, 9.17) is 11.0 Å². The quantitative estimate of drug-likeness (QED) is 0.428. The molecular weight excluding hydrogens is 192 g/mol. The van der Waals surface area contributed by atoms with Crippen molar-refractivity contribution >= 4 is 22.9 Å². The molecule has 1 unspecified atom stereocenters. The fourth-order valence-electron chi connectivity index (χ4n) is 1.17. The SMILES string of the molecule is [NH-][n+]1c2c(nc3nonc31)N[NH+](O)[N-]2. The van der Waals surface area contributed by atoms with Crippen LogP contribution in [0.4, 0.5) is 11.6 Å². The fraction of sp³-hybridized carbons (Fsp3) is 0. The van der Waals surface area contributed by atoms with Crippen LogP contribution in [0.2, 0.25) is 0 Å². The first kappa shape index (κ1) is 7.23. The van der Waals surface area contributed by atoms with E-state index in [2.05, 4.69) is 30.8 Å². The van der Waals surface area contributed by atoms with Gasteiger partial charge in [-0.15, -0.1) is 0 Å². The molecule has 2 aromatic rings. The maximum Gasteiger partial charge on any atom is 0.242 e. The number of hydrogen-bond donors (Lipinski definition) is 3. The molecule has 0 aromatic carbocycles. The smallest absolute Gasteiger partial charge is 0.242 e. The van der Waals surface area contributed by atoms with E-state index in [1.165, 1.54) is 0 Å². The number of nitrogens with zero attached hydrogens (tertiary/aromatic N) is 5. The molecule has 1 aliphatic rings. The predicted octanol–water partition coefficient (Wildman–Crippen LogP) is -1.74. The van der Waals surface area contributed by atoms with Crippen LogP contribution in [0.1, 0.15) is 0 Å². The van der Waals surface area contributed by atoms with Gasteiger partial charge in [-0.3, -0.25) is 0 Å². The number of quaternary nitrogens is 1. The summed E-state index contributed by atoms with van der Waals surface area (Å²) in [5.41, 5.74) is 6.43. The average molecular weight is 196 g/mol. The van der Waals surface area contributed by atoms with Crippen molar-refractivity contribution in [3.63, 3.8) is 0 Å². The van der Waals surface area contributed by atoms with E-state index in [0.717, 1.165) is 4.68 Å². The first-order valence-corrected chi connectivity index (χ1v) is 3.60. The Labute approximate surface area is 75.8 Å². The van der Waals surface area contributed by atoms with Gasteiger partial charge >= 0.3 is 0 Å². The van der Waals surface area contributed by atoms with Crippen molar-refractivity contribution in [2.45, 2.75) is 0 Å². The zero-order chi connectivity index (χ0) is 9.71. The Morgan fingerprint density at radius 3 is 3.29 bits per heavy atom. The Hall–Kier alpha value is -2.20. The van der Waals surface area contributed by atoms with Crippen LogP contribution in [-0.2, 0) is 0 Å². The van der Waals surface area contributed by atoms with E-state index in [9.17, 15) is 0 Å². The molecule has 10 heteroatoms. The second-order valence-corrected chi connectivity index (χ2v) is 2.59. The van der Waals surface area contributed by atoms with Gasteiger partial charge in [0.25, 0.3) is 0 Å². The predicted molar refractivity (Wildman–Crippen MR) is 38.9 cm³/mol. The van der Waals surface area contributed by atoms with E-state index < -0.39 is 0 Å². The molecule has 2 aromatic heterocycles. The molecule has 0 spiro atoms. The molecular formula is C4H4N8O2. The summed E-state index contributed by atoms with van der Waals surface area (Å²) >= 11 is 0. The molecule has 0 amide bonds. The van der Waals surface area contributed by atoms with Crippen LogP contribution < -0.4 is 15.4 Å². The minimum atomic E-state index is -0.307. The molecule has 1 atom stereocenters. The van der Waals surface area contributed by atoms with E-state index >= 15 is 0 Å². The number of fused-ring (bicyclic) bond motifs is 2. The van der Waals surface area contributed by atoms with Gasteiger partial charge in [0, 0.05) is 10.7 Å². The molecule has 0 aliphatic carbocycles. The van der Waals surface area contributed by atoms with E-state index in [-0.39, 0.29) is 28.2 Å². The maximum atomic E-state index is 9.06. The molecule has 3 rings (SSSR count). The fourth-order valence-corrected chi connectivity index (χ4v) is 1.17. The van der Waals surface area contributed by atoms with Crippen molar-refractivity contribution in [2.75, 3.05) is 5.43 Å². The standard InChI is InChI=1S/C4H4N8O2/c5-11-3-1(7-12(13)8-3)6-2-4(11)10-14-9-2/h5,12-13H,(H,6,7,9). The Bertz CT molecular complexity index is 507. The van der Waals surface area contributed by atoms with Gasteiger partial charge in [0.15, 0.2) is 0 Å². The molecule has 0 fully saturated rings. The molecule has 1 aliphatic heterocycles. The minimum absolute atomic E-state index is 0.143. The topological polar surface area (TPSA) is 130 Å². The van der Waals surface area contributed by atoms with Crippen molar-refractivity contribution in [1.82, 2.24) is 15.3 Å². The highest BCUT2D eigenvalue weighted by Crippen LogP contribution is 2.23. The first-order valence-electron chi connectivity index (χ1n) is 3.60. The van der Waals surface area contributed by atoms with Crippen LogP contribution in [0, 0.1) is 0 Å². The number of anilines is 1. The third-order valence-electron chi connectivity index (χ3n) is 1.75. The Morgan fingerprint density at radius 1 is 1.57 bits per heavy atom. The van der Waals surface area contributed by atoms with Crippen LogP contribution >= 0.6 is 0 Å². The third kappa shape index (κ3) is 0.750. The summed E-state index contributed by atoms with van der Waals surface area (Å²) in [6.07, 6.45) is 0. The van der Waals surface area contributed by atoms with Gasteiger partial charge in [0.1, 0.15) is 0 Å². The third-order valence-corrected chi connectivity index (χ3v) is 1.75. The minimum Gasteiger partial charge on any atom is -0.628 e. The van der Waals surface area contributed by atoms with Crippen molar-refractivity contribution in [3.8, 4) is 0 Å². The van der Waals surface area contributed by atoms with Gasteiger partial charge in [-0.2, -0.15) is 15.6 Å². The second kappa shape index (κ2) is 2.18. The van der Waals surface area contributed by atoms with Gasteiger partial charge < -0.3 is 10.5 Å². The average Bonchev–Trinajstić information content (AvgIpc) is 2.71. The Kier molecular flexibility index (Phi) is 1.13. The zero-order valence-corrected chi connectivity index (χ0v) is 6.59. The molecule has 4 N–H and O–H groups in total. The normalized spacial score (nSPS) is 19.1. The molecule has 0 saturated carbocycles. The number of nitrogens with one attached hydrogen (secondary N) is 3. The van der Waals surface area contributed by atoms with E-state index in [1.54, 1.807) is 0 Å². The molecule has 0 bridgehead atoms. The molecule has 3 heterocycles. The largest absolute Gasteiger partial charge is 0.628 e. The van der Waals surface area contributed by atoms with Gasteiger partial charge in [-0.1, -0.05) is 0 Å². The second-order valence-electron chi connectivity index (χ2n) is 2.59. The summed E-state index contributed by atoms with van der Waals surface area (Å²) in [6, 6.07) is 0. The summed E-state index contributed by atoms with van der Waals surface area (Å²) in [4.78, 5) is 3.93. The Balaban J connectivity index is 2.35. The monoisotopic (exact) mass is 196 g/mol. The zero-order valence-electron chi connectivity index (χ0n) is 6.59. The molecule has 0 radical (unpaired) electrons. The van der Waals surface area contributed by atoms with Crippen LogP contribution in [0.15, 0.2) is 4.63 Å². The van der Waals surface area contributed by atoms with Gasteiger partial charge in [-0.05, 0) is 10.3 Å². The van der Waals surface area contributed by atoms with Crippen molar-refractivity contribution in [3.05, 3.63) is 11.3 Å². The first-order chi connectivity index (χ1) is 6.75. The van der Waals surface area contributed by atoms with Gasteiger partial charge in [-0.25, -0.2) is 4.63 Å². The lowest BCUT2D eigenvalue weighted by Gasteiger charge is -2.08. The summed E-state index contributed by atoms with van der Waals surface area (Å²) in [7, 11) is 0. The van der Waals surface area contributed by atoms with Crippen molar-refractivity contribution < 1.29 is 19.8 Å². The maximum absolute atomic E-state index is 9.06. The summed E-state index contributed by atoms with van der Waals surface area (Å²) in [5.74, 6) is 7.99. The highest BCUT2D eigenvalue weighted by molar-refractivity contribution is 5.69. The highest BCUT2D eigenvalue weighted by atomic mass is 16.6.